The lowest BCUT2D eigenvalue weighted by atomic mass is 10.0. The van der Waals surface area contributed by atoms with Crippen molar-refractivity contribution < 1.29 is 31.1 Å². The van der Waals surface area contributed by atoms with Crippen molar-refractivity contribution in [3.8, 4) is 0 Å². The molecule has 1 aliphatic rings. The number of hydrogen-bond acceptors (Lipinski definition) is 4. The van der Waals surface area contributed by atoms with E-state index in [1.165, 1.54) is 0 Å². The second-order valence-corrected chi connectivity index (χ2v) is 8.07. The van der Waals surface area contributed by atoms with Crippen molar-refractivity contribution >= 4 is 21.6 Å². The molecule has 1 saturated heterocycles. The fraction of sp³-hybridized carbons (Fsp3) is 0.235. The van der Waals surface area contributed by atoms with Crippen LogP contribution in [0.25, 0.3) is 0 Å². The van der Waals surface area contributed by atoms with Gasteiger partial charge in [0.2, 0.25) is 10.0 Å². The molecule has 2 aromatic rings. The molecular weight excluding hydrogens is 385 g/mol. The Bertz CT molecular complexity index is 1010. The normalized spacial score (nSPS) is 15.9. The highest BCUT2D eigenvalue weighted by molar-refractivity contribution is 7.89. The summed E-state index contributed by atoms with van der Waals surface area (Å²) in [4.78, 5) is 11.9. The van der Waals surface area contributed by atoms with Crippen LogP contribution < -0.4 is 10.0 Å². The first-order chi connectivity index (χ1) is 12.6. The summed E-state index contributed by atoms with van der Waals surface area (Å²) in [7, 11) is -4.02. The van der Waals surface area contributed by atoms with Crippen molar-refractivity contribution in [1.82, 2.24) is 4.72 Å². The molecule has 1 amide bonds. The van der Waals surface area contributed by atoms with Gasteiger partial charge >= 0.3 is 0 Å². The molecule has 0 saturated carbocycles. The Morgan fingerprint density at radius 2 is 1.70 bits per heavy atom. The van der Waals surface area contributed by atoms with E-state index in [4.69, 9.17) is 4.74 Å². The van der Waals surface area contributed by atoms with Gasteiger partial charge < -0.3 is 10.1 Å². The quantitative estimate of drug-likeness (QED) is 0.808. The van der Waals surface area contributed by atoms with Crippen LogP contribution in [0.3, 0.4) is 0 Å². The molecule has 27 heavy (non-hydrogen) atoms. The average Bonchev–Trinajstić information content (AvgIpc) is 2.56. The second kappa shape index (κ2) is 6.95. The van der Waals surface area contributed by atoms with Gasteiger partial charge in [0.25, 0.3) is 5.91 Å². The lowest BCUT2D eigenvalue weighted by Crippen LogP contribution is -2.59. The lowest BCUT2D eigenvalue weighted by Gasteiger charge is -2.38. The van der Waals surface area contributed by atoms with Crippen molar-refractivity contribution in [2.75, 3.05) is 18.5 Å². The van der Waals surface area contributed by atoms with Crippen LogP contribution in [0.2, 0.25) is 0 Å². The summed E-state index contributed by atoms with van der Waals surface area (Å²) in [5.41, 5.74) is -1.44. The van der Waals surface area contributed by atoms with Crippen molar-refractivity contribution in [1.29, 1.82) is 0 Å². The molecule has 1 fully saturated rings. The van der Waals surface area contributed by atoms with Crippen LogP contribution in [0.15, 0.2) is 41.3 Å². The molecule has 0 spiro atoms. The Morgan fingerprint density at radius 1 is 1.04 bits per heavy atom. The molecule has 1 heterocycles. The van der Waals surface area contributed by atoms with Crippen LogP contribution in [0.5, 0.6) is 0 Å². The molecule has 2 aromatic carbocycles. The zero-order chi connectivity index (χ0) is 19.8. The van der Waals surface area contributed by atoms with Gasteiger partial charge in [0.1, 0.15) is 5.82 Å². The van der Waals surface area contributed by atoms with E-state index in [9.17, 15) is 26.4 Å². The third-order valence-electron chi connectivity index (χ3n) is 3.89. The van der Waals surface area contributed by atoms with Gasteiger partial charge in [-0.25, -0.2) is 26.3 Å². The summed E-state index contributed by atoms with van der Waals surface area (Å²) < 4.78 is 72.5. The third kappa shape index (κ3) is 4.12. The number of sulfonamides is 1. The minimum Gasteiger partial charge on any atom is -0.377 e. The van der Waals surface area contributed by atoms with Crippen molar-refractivity contribution in [3.05, 3.63) is 59.4 Å². The highest BCUT2D eigenvalue weighted by Gasteiger charge is 2.38. The fourth-order valence-corrected chi connectivity index (χ4v) is 3.87. The largest absolute Gasteiger partial charge is 0.377 e. The van der Waals surface area contributed by atoms with E-state index in [0.717, 1.165) is 36.4 Å². The lowest BCUT2D eigenvalue weighted by molar-refractivity contribution is -0.0523. The highest BCUT2D eigenvalue weighted by atomic mass is 32.2. The van der Waals surface area contributed by atoms with E-state index in [0.29, 0.717) is 0 Å². The Balaban J connectivity index is 1.86. The van der Waals surface area contributed by atoms with Crippen LogP contribution in [0.4, 0.5) is 18.9 Å². The number of carbonyl (C=O) groups excluding carboxylic acids is 1. The predicted octanol–water partition coefficient (Wildman–Crippen LogP) is 2.42. The van der Waals surface area contributed by atoms with Gasteiger partial charge in [-0.15, -0.1) is 0 Å². The van der Waals surface area contributed by atoms with Gasteiger partial charge in [-0.2, -0.15) is 0 Å². The van der Waals surface area contributed by atoms with E-state index in [1.54, 1.807) is 6.92 Å². The van der Waals surface area contributed by atoms with Crippen LogP contribution in [0.1, 0.15) is 17.3 Å². The average molecular weight is 400 g/mol. The first-order valence-electron chi connectivity index (χ1n) is 7.77. The molecule has 3 rings (SSSR count). The summed E-state index contributed by atoms with van der Waals surface area (Å²) in [5.74, 6) is -4.27. The zero-order valence-corrected chi connectivity index (χ0v) is 14.9. The number of anilines is 1. The number of ether oxygens (including phenoxy) is 1. The first kappa shape index (κ1) is 19.3. The molecule has 0 unspecified atom stereocenters. The van der Waals surface area contributed by atoms with Gasteiger partial charge in [-0.3, -0.25) is 4.79 Å². The molecule has 144 valence electrons. The topological polar surface area (TPSA) is 84.5 Å². The first-order valence-corrected chi connectivity index (χ1v) is 9.26. The third-order valence-corrected chi connectivity index (χ3v) is 5.53. The molecule has 0 radical (unpaired) electrons. The fourth-order valence-electron chi connectivity index (χ4n) is 2.47. The SMILES string of the molecule is CC1(NS(=O)(=O)c2ccc(F)c(C(=O)Nc3ccc(F)c(F)c3)c2)COC1. The summed E-state index contributed by atoms with van der Waals surface area (Å²) >= 11 is 0. The van der Waals surface area contributed by atoms with Gasteiger partial charge in [-0.05, 0) is 37.3 Å². The molecule has 0 atom stereocenters. The monoisotopic (exact) mass is 400 g/mol. The van der Waals surface area contributed by atoms with E-state index in [2.05, 4.69) is 10.0 Å². The Kier molecular flexibility index (Phi) is 4.98. The molecule has 0 aliphatic carbocycles. The zero-order valence-electron chi connectivity index (χ0n) is 14.1. The maximum Gasteiger partial charge on any atom is 0.258 e. The number of benzene rings is 2. The number of rotatable bonds is 5. The van der Waals surface area contributed by atoms with Crippen molar-refractivity contribution in [2.45, 2.75) is 17.4 Å². The molecule has 0 bridgehead atoms. The summed E-state index contributed by atoms with van der Waals surface area (Å²) in [6, 6.07) is 5.35. The summed E-state index contributed by atoms with van der Waals surface area (Å²) in [5, 5.41) is 2.20. The molecule has 10 heteroatoms. The van der Waals surface area contributed by atoms with Gasteiger partial charge in [0.15, 0.2) is 11.6 Å². The van der Waals surface area contributed by atoms with E-state index >= 15 is 0 Å². The Hall–Kier alpha value is -2.43. The van der Waals surface area contributed by atoms with E-state index in [1.807, 2.05) is 0 Å². The number of nitrogens with one attached hydrogen (secondary N) is 2. The number of halogens is 3. The number of amides is 1. The molecule has 2 N–H and O–H groups in total. The smallest absolute Gasteiger partial charge is 0.258 e. The van der Waals surface area contributed by atoms with E-state index < -0.39 is 44.5 Å². The van der Waals surface area contributed by atoms with Crippen molar-refractivity contribution in [2.24, 2.45) is 0 Å². The molecule has 0 aromatic heterocycles. The highest BCUT2D eigenvalue weighted by Crippen LogP contribution is 2.22. The maximum absolute atomic E-state index is 14.0. The van der Waals surface area contributed by atoms with Gasteiger partial charge in [0.05, 0.1) is 29.2 Å². The van der Waals surface area contributed by atoms with Crippen LogP contribution >= 0.6 is 0 Å². The van der Waals surface area contributed by atoms with Crippen LogP contribution in [-0.2, 0) is 14.8 Å². The Morgan fingerprint density at radius 3 is 2.30 bits per heavy atom. The van der Waals surface area contributed by atoms with Gasteiger partial charge in [-0.1, -0.05) is 0 Å². The summed E-state index contributed by atoms with van der Waals surface area (Å²) in [6.07, 6.45) is 0. The predicted molar refractivity (Wildman–Crippen MR) is 90.3 cm³/mol. The molecule has 1 aliphatic heterocycles. The standard InChI is InChI=1S/C17H15F3N2O4S/c1-17(8-26-9-17)22-27(24,25)11-3-5-13(18)12(7-11)16(23)21-10-2-4-14(19)15(20)6-10/h2-7,22H,8-9H2,1H3,(H,21,23). The van der Waals surface area contributed by atoms with E-state index in [-0.39, 0.29) is 23.8 Å². The summed E-state index contributed by atoms with van der Waals surface area (Å²) in [6.45, 7) is 2.03. The minimum atomic E-state index is -4.02. The molecular formula is C17H15F3N2O4S. The second-order valence-electron chi connectivity index (χ2n) is 6.38. The van der Waals surface area contributed by atoms with Gasteiger partial charge in [0, 0.05) is 11.8 Å². The van der Waals surface area contributed by atoms with Crippen molar-refractivity contribution in [3.63, 3.8) is 0 Å². The van der Waals surface area contributed by atoms with Crippen LogP contribution in [-0.4, -0.2) is 33.1 Å². The number of carbonyl (C=O) groups is 1. The number of hydrogen-bond donors (Lipinski definition) is 2. The van der Waals surface area contributed by atoms with Crippen LogP contribution in [0, 0.1) is 17.5 Å². The Labute approximate surface area is 153 Å². The molecule has 6 nitrogen and oxygen atoms in total. The maximum atomic E-state index is 14.0. The minimum absolute atomic E-state index is 0.108.